The Kier molecular flexibility index (Phi) is 6.41. The third kappa shape index (κ3) is 4.75. The molecule has 2 aromatic rings. The Balaban J connectivity index is 1.61. The molecule has 1 aromatic heterocycles. The molecule has 8 heteroatoms. The minimum Gasteiger partial charge on any atom is -0.378 e. The molecule has 1 aliphatic rings. The highest BCUT2D eigenvalue weighted by Gasteiger charge is 2.18. The molecule has 28 heavy (non-hydrogen) atoms. The van der Waals surface area contributed by atoms with Crippen LogP contribution < -0.4 is 15.8 Å². The van der Waals surface area contributed by atoms with E-state index in [4.69, 9.17) is 4.74 Å². The fraction of sp³-hybridized carbons (Fsp3) is 0.450. The maximum Gasteiger partial charge on any atom is 0.255 e. The first-order valence-electron chi connectivity index (χ1n) is 9.42. The standard InChI is InChI=1S/C20H25FN4O3/c1-13(15-5-3-4-6-17(15)21)22-18(26)8-7-16-14(2)23-20(24-19(16)27)25-9-11-28-12-10-25/h3-6,13H,7-12H2,1-2H3,(H,22,26)(H,23,24,27). The van der Waals surface area contributed by atoms with Gasteiger partial charge in [-0.3, -0.25) is 14.6 Å². The first kappa shape index (κ1) is 20.0. The van der Waals surface area contributed by atoms with Gasteiger partial charge < -0.3 is 15.0 Å². The summed E-state index contributed by atoms with van der Waals surface area (Å²) in [5, 5.41) is 2.78. The van der Waals surface area contributed by atoms with Gasteiger partial charge in [0.15, 0.2) is 0 Å². The van der Waals surface area contributed by atoms with E-state index >= 15 is 0 Å². The van der Waals surface area contributed by atoms with Crippen molar-refractivity contribution in [1.82, 2.24) is 15.3 Å². The Morgan fingerprint density at radius 3 is 2.75 bits per heavy atom. The fourth-order valence-corrected chi connectivity index (χ4v) is 3.27. The number of carbonyl (C=O) groups is 1. The summed E-state index contributed by atoms with van der Waals surface area (Å²) in [6, 6.07) is 5.89. The molecule has 1 fully saturated rings. The van der Waals surface area contributed by atoms with Crippen LogP contribution in [0.1, 0.15) is 36.2 Å². The van der Waals surface area contributed by atoms with Gasteiger partial charge in [-0.2, -0.15) is 0 Å². The van der Waals surface area contributed by atoms with E-state index in [-0.39, 0.29) is 30.1 Å². The van der Waals surface area contributed by atoms with Gasteiger partial charge in [0, 0.05) is 36.3 Å². The number of aromatic amines is 1. The molecule has 1 unspecified atom stereocenters. The van der Waals surface area contributed by atoms with Gasteiger partial charge in [0.2, 0.25) is 11.9 Å². The van der Waals surface area contributed by atoms with E-state index in [1.54, 1.807) is 32.0 Å². The summed E-state index contributed by atoms with van der Waals surface area (Å²) < 4.78 is 19.1. The summed E-state index contributed by atoms with van der Waals surface area (Å²) in [4.78, 5) is 34.0. The van der Waals surface area contributed by atoms with E-state index in [1.807, 2.05) is 4.90 Å². The van der Waals surface area contributed by atoms with Crippen molar-refractivity contribution in [3.05, 3.63) is 57.3 Å². The quantitative estimate of drug-likeness (QED) is 0.789. The predicted octanol–water partition coefficient (Wildman–Crippen LogP) is 1.86. The molecule has 0 saturated carbocycles. The Morgan fingerprint density at radius 2 is 2.07 bits per heavy atom. The molecule has 3 rings (SSSR count). The zero-order chi connectivity index (χ0) is 20.1. The van der Waals surface area contributed by atoms with Crippen molar-refractivity contribution in [2.75, 3.05) is 31.2 Å². The predicted molar refractivity (Wildman–Crippen MR) is 104 cm³/mol. The van der Waals surface area contributed by atoms with Crippen LogP contribution in [0.4, 0.5) is 10.3 Å². The van der Waals surface area contributed by atoms with Crippen molar-refractivity contribution in [2.45, 2.75) is 32.7 Å². The van der Waals surface area contributed by atoms with Gasteiger partial charge in [-0.15, -0.1) is 0 Å². The molecule has 1 aliphatic heterocycles. The number of nitrogens with one attached hydrogen (secondary N) is 2. The maximum atomic E-state index is 13.8. The molecule has 1 saturated heterocycles. The van der Waals surface area contributed by atoms with Crippen LogP contribution in [-0.4, -0.2) is 42.2 Å². The maximum absolute atomic E-state index is 13.8. The van der Waals surface area contributed by atoms with Gasteiger partial charge in [0.25, 0.3) is 5.56 Å². The number of morpholine rings is 1. The lowest BCUT2D eigenvalue weighted by molar-refractivity contribution is -0.121. The summed E-state index contributed by atoms with van der Waals surface area (Å²) in [6.07, 6.45) is 0.397. The van der Waals surface area contributed by atoms with Gasteiger partial charge in [-0.1, -0.05) is 18.2 Å². The van der Waals surface area contributed by atoms with Gasteiger partial charge in [0.1, 0.15) is 5.82 Å². The number of aryl methyl sites for hydroxylation is 1. The molecule has 7 nitrogen and oxygen atoms in total. The minimum absolute atomic E-state index is 0.126. The highest BCUT2D eigenvalue weighted by molar-refractivity contribution is 5.76. The second-order valence-electron chi connectivity index (χ2n) is 6.86. The fourth-order valence-electron chi connectivity index (χ4n) is 3.27. The van der Waals surface area contributed by atoms with E-state index in [2.05, 4.69) is 15.3 Å². The molecule has 1 aromatic carbocycles. The number of aromatic nitrogens is 2. The Hall–Kier alpha value is -2.74. The summed E-state index contributed by atoms with van der Waals surface area (Å²) in [7, 11) is 0. The van der Waals surface area contributed by atoms with Crippen molar-refractivity contribution in [3.8, 4) is 0 Å². The van der Waals surface area contributed by atoms with Gasteiger partial charge in [-0.05, 0) is 26.3 Å². The number of ether oxygens (including phenoxy) is 1. The summed E-state index contributed by atoms with van der Waals surface area (Å²) >= 11 is 0. The number of nitrogens with zero attached hydrogens (tertiary/aromatic N) is 2. The highest BCUT2D eigenvalue weighted by atomic mass is 19.1. The van der Waals surface area contributed by atoms with Gasteiger partial charge >= 0.3 is 0 Å². The zero-order valence-electron chi connectivity index (χ0n) is 16.1. The lowest BCUT2D eigenvalue weighted by Crippen LogP contribution is -2.38. The van der Waals surface area contributed by atoms with E-state index in [9.17, 15) is 14.0 Å². The Morgan fingerprint density at radius 1 is 1.36 bits per heavy atom. The molecule has 0 bridgehead atoms. The molecule has 1 amide bonds. The molecule has 2 N–H and O–H groups in total. The second kappa shape index (κ2) is 8.97. The van der Waals surface area contributed by atoms with Crippen LogP contribution in [0.15, 0.2) is 29.1 Å². The lowest BCUT2D eigenvalue weighted by atomic mass is 10.1. The molecule has 2 heterocycles. The average Bonchev–Trinajstić information content (AvgIpc) is 2.68. The van der Waals surface area contributed by atoms with Crippen molar-refractivity contribution in [1.29, 1.82) is 0 Å². The van der Waals surface area contributed by atoms with Crippen molar-refractivity contribution in [2.24, 2.45) is 0 Å². The number of anilines is 1. The minimum atomic E-state index is -0.449. The van der Waals surface area contributed by atoms with Crippen LogP contribution >= 0.6 is 0 Å². The number of H-pyrrole nitrogens is 1. The Bertz CT molecular complexity index is 893. The first-order chi connectivity index (χ1) is 13.5. The van der Waals surface area contributed by atoms with E-state index in [1.165, 1.54) is 6.07 Å². The van der Waals surface area contributed by atoms with Gasteiger partial charge in [0.05, 0.1) is 19.3 Å². The van der Waals surface area contributed by atoms with Crippen LogP contribution in [0.25, 0.3) is 0 Å². The SMILES string of the molecule is Cc1nc(N2CCOCC2)[nH]c(=O)c1CCC(=O)NC(C)c1ccccc1F. The number of halogens is 1. The third-order valence-corrected chi connectivity index (χ3v) is 4.87. The second-order valence-corrected chi connectivity index (χ2v) is 6.86. The number of hydrogen-bond acceptors (Lipinski definition) is 5. The topological polar surface area (TPSA) is 87.3 Å². The Labute approximate surface area is 162 Å². The van der Waals surface area contributed by atoms with Gasteiger partial charge in [-0.25, -0.2) is 9.37 Å². The van der Waals surface area contributed by atoms with Crippen LogP contribution in [0.2, 0.25) is 0 Å². The molecule has 150 valence electrons. The molecular formula is C20H25FN4O3. The van der Waals surface area contributed by atoms with Crippen molar-refractivity contribution < 1.29 is 13.9 Å². The molecular weight excluding hydrogens is 363 g/mol. The summed E-state index contributed by atoms with van der Waals surface area (Å²) in [5.74, 6) is -0.0653. The number of rotatable bonds is 6. The van der Waals surface area contributed by atoms with Crippen LogP contribution in [0.3, 0.4) is 0 Å². The monoisotopic (exact) mass is 388 g/mol. The number of benzene rings is 1. The zero-order valence-corrected chi connectivity index (χ0v) is 16.1. The molecule has 0 spiro atoms. The smallest absolute Gasteiger partial charge is 0.255 e. The lowest BCUT2D eigenvalue weighted by Gasteiger charge is -2.27. The van der Waals surface area contributed by atoms with Crippen molar-refractivity contribution >= 4 is 11.9 Å². The summed E-state index contributed by atoms with van der Waals surface area (Å²) in [6.45, 7) is 6.06. The number of amides is 1. The number of hydrogen-bond donors (Lipinski definition) is 2. The van der Waals surface area contributed by atoms with E-state index < -0.39 is 6.04 Å². The van der Waals surface area contributed by atoms with Crippen LogP contribution in [0, 0.1) is 12.7 Å². The summed E-state index contributed by atoms with van der Waals surface area (Å²) in [5.41, 5.74) is 1.30. The molecule has 1 atom stereocenters. The first-order valence-corrected chi connectivity index (χ1v) is 9.42. The van der Waals surface area contributed by atoms with Crippen LogP contribution in [-0.2, 0) is 16.0 Å². The molecule has 0 radical (unpaired) electrons. The normalized spacial score (nSPS) is 15.3. The highest BCUT2D eigenvalue weighted by Crippen LogP contribution is 2.16. The van der Waals surface area contributed by atoms with E-state index in [0.29, 0.717) is 49.1 Å². The average molecular weight is 388 g/mol. The van der Waals surface area contributed by atoms with Crippen molar-refractivity contribution in [3.63, 3.8) is 0 Å². The molecule has 0 aliphatic carbocycles. The van der Waals surface area contributed by atoms with E-state index in [0.717, 1.165) is 0 Å². The largest absolute Gasteiger partial charge is 0.378 e. The number of carbonyl (C=O) groups excluding carboxylic acids is 1. The third-order valence-electron chi connectivity index (χ3n) is 4.87. The van der Waals surface area contributed by atoms with Crippen LogP contribution in [0.5, 0.6) is 0 Å².